The second-order valence-electron chi connectivity index (χ2n) is 6.73. The molecule has 1 aliphatic rings. The minimum atomic E-state index is -3.72. The first-order chi connectivity index (χ1) is 12.9. The Balaban J connectivity index is 2.42. The molecule has 0 saturated carbocycles. The topological polar surface area (TPSA) is 63.7 Å². The molecular weight excluding hydrogens is 362 g/mol. The van der Waals surface area contributed by atoms with Gasteiger partial charge >= 0.3 is 5.97 Å². The number of carbonyl (C=O) groups excluding carboxylic acids is 1. The molecule has 0 spiro atoms. The Labute approximate surface area is 162 Å². The first kappa shape index (κ1) is 21.4. The monoisotopic (exact) mass is 391 g/mol. The van der Waals surface area contributed by atoms with Crippen LogP contribution in [0.25, 0.3) is 0 Å². The van der Waals surface area contributed by atoms with Crippen molar-refractivity contribution in [3.63, 3.8) is 0 Å². The van der Waals surface area contributed by atoms with Crippen molar-refractivity contribution in [1.82, 2.24) is 4.31 Å². The van der Waals surface area contributed by atoms with Crippen LogP contribution in [-0.2, 0) is 19.6 Å². The first-order valence-corrected chi connectivity index (χ1v) is 10.9. The predicted octanol–water partition coefficient (Wildman–Crippen LogP) is 3.85. The number of nitrogens with zero attached hydrogens (tertiary/aromatic N) is 1. The lowest BCUT2D eigenvalue weighted by molar-refractivity contribution is -0.150. The van der Waals surface area contributed by atoms with Crippen molar-refractivity contribution >= 4 is 16.0 Å². The molecule has 6 heteroatoms. The molecule has 0 aromatic heterocycles. The third-order valence-electron chi connectivity index (χ3n) is 4.81. The molecule has 0 fully saturated rings. The van der Waals surface area contributed by atoms with Crippen molar-refractivity contribution in [2.24, 2.45) is 5.92 Å². The van der Waals surface area contributed by atoms with Crippen LogP contribution in [0.4, 0.5) is 0 Å². The molecule has 1 aliphatic heterocycles. The molecule has 148 valence electrons. The highest BCUT2D eigenvalue weighted by molar-refractivity contribution is 7.89. The largest absolute Gasteiger partial charge is 0.466 e. The fourth-order valence-corrected chi connectivity index (χ4v) is 5.02. The van der Waals surface area contributed by atoms with E-state index in [0.717, 1.165) is 12.0 Å². The van der Waals surface area contributed by atoms with Gasteiger partial charge in [-0.2, -0.15) is 4.31 Å². The number of hydrogen-bond donors (Lipinski definition) is 0. The fraction of sp³-hybridized carbons (Fsp3) is 0.476. The molecule has 0 bridgehead atoms. The van der Waals surface area contributed by atoms with Gasteiger partial charge in [0.1, 0.15) is 0 Å². The van der Waals surface area contributed by atoms with Crippen molar-refractivity contribution < 1.29 is 17.9 Å². The van der Waals surface area contributed by atoms with Gasteiger partial charge in [0.05, 0.1) is 17.4 Å². The van der Waals surface area contributed by atoms with Crippen LogP contribution < -0.4 is 0 Å². The molecule has 0 saturated heterocycles. The molecule has 0 amide bonds. The summed E-state index contributed by atoms with van der Waals surface area (Å²) in [7, 11) is -3.72. The summed E-state index contributed by atoms with van der Waals surface area (Å²) in [6.45, 7) is 7.94. The minimum Gasteiger partial charge on any atom is -0.466 e. The van der Waals surface area contributed by atoms with Crippen LogP contribution in [0, 0.1) is 12.8 Å². The van der Waals surface area contributed by atoms with Crippen LogP contribution in [0.15, 0.2) is 54.0 Å². The summed E-state index contributed by atoms with van der Waals surface area (Å²) < 4.78 is 33.4. The van der Waals surface area contributed by atoms with Gasteiger partial charge < -0.3 is 4.74 Å². The second kappa shape index (κ2) is 9.85. The Bertz CT molecular complexity index is 768. The molecule has 0 aliphatic carbocycles. The van der Waals surface area contributed by atoms with E-state index in [2.05, 4.69) is 6.58 Å². The third kappa shape index (κ3) is 5.30. The van der Waals surface area contributed by atoms with Crippen molar-refractivity contribution in [3.05, 3.63) is 54.6 Å². The van der Waals surface area contributed by atoms with E-state index in [1.165, 1.54) is 4.31 Å². The average molecular weight is 392 g/mol. The van der Waals surface area contributed by atoms with Gasteiger partial charge in [-0.25, -0.2) is 8.42 Å². The molecule has 2 rings (SSSR count). The van der Waals surface area contributed by atoms with Gasteiger partial charge in [0.2, 0.25) is 10.0 Å². The summed E-state index contributed by atoms with van der Waals surface area (Å²) in [6.07, 6.45) is 8.06. The Morgan fingerprint density at radius 3 is 2.67 bits per heavy atom. The quantitative estimate of drug-likeness (QED) is 0.499. The molecule has 27 heavy (non-hydrogen) atoms. The third-order valence-corrected chi connectivity index (χ3v) is 6.72. The van der Waals surface area contributed by atoms with Crippen molar-refractivity contribution in [2.45, 2.75) is 50.5 Å². The van der Waals surface area contributed by atoms with E-state index in [4.69, 9.17) is 4.74 Å². The van der Waals surface area contributed by atoms with Crippen molar-refractivity contribution in [3.8, 4) is 0 Å². The van der Waals surface area contributed by atoms with E-state index in [-0.39, 0.29) is 24.0 Å². The number of sulfonamides is 1. The number of benzene rings is 1. The van der Waals surface area contributed by atoms with Gasteiger partial charge in [-0.3, -0.25) is 4.79 Å². The summed E-state index contributed by atoms with van der Waals surface area (Å²) in [4.78, 5) is 12.9. The van der Waals surface area contributed by atoms with Crippen LogP contribution in [-0.4, -0.2) is 37.9 Å². The molecular formula is C21H29NO4S. The van der Waals surface area contributed by atoms with E-state index < -0.39 is 22.0 Å². The number of ether oxygens (including phenoxy) is 1. The van der Waals surface area contributed by atoms with E-state index in [9.17, 15) is 13.2 Å². The van der Waals surface area contributed by atoms with E-state index in [0.29, 0.717) is 19.3 Å². The van der Waals surface area contributed by atoms with Gasteiger partial charge in [0.25, 0.3) is 0 Å². The average Bonchev–Trinajstić information content (AvgIpc) is 2.89. The molecule has 1 aromatic rings. The summed E-state index contributed by atoms with van der Waals surface area (Å²) in [5.74, 6) is -0.849. The van der Waals surface area contributed by atoms with Crippen molar-refractivity contribution in [2.75, 3.05) is 13.2 Å². The molecule has 2 atom stereocenters. The van der Waals surface area contributed by atoms with E-state index >= 15 is 0 Å². The molecule has 1 aromatic carbocycles. The summed E-state index contributed by atoms with van der Waals surface area (Å²) in [6, 6.07) is 6.38. The first-order valence-electron chi connectivity index (χ1n) is 9.42. The van der Waals surface area contributed by atoms with Crippen LogP contribution in [0.3, 0.4) is 0 Å². The Morgan fingerprint density at radius 2 is 2.04 bits per heavy atom. The SMILES string of the molecule is C=CCC[C@@H](C(=O)OCC)[C@@H]1CCC=CCN1S(=O)(=O)c1ccc(C)cc1. The zero-order chi connectivity index (χ0) is 19.9. The van der Waals surface area contributed by atoms with Gasteiger partial charge in [-0.1, -0.05) is 35.9 Å². The number of aryl methyl sites for hydroxylation is 1. The number of carbonyl (C=O) groups is 1. The second-order valence-corrected chi connectivity index (χ2v) is 8.62. The maximum atomic E-state index is 13.3. The van der Waals surface area contributed by atoms with Gasteiger partial charge in [0, 0.05) is 12.6 Å². The lowest BCUT2D eigenvalue weighted by Crippen LogP contribution is -2.47. The maximum absolute atomic E-state index is 13.3. The summed E-state index contributed by atoms with van der Waals surface area (Å²) in [5, 5.41) is 0. The van der Waals surface area contributed by atoms with Crippen LogP contribution in [0.5, 0.6) is 0 Å². The molecule has 0 radical (unpaired) electrons. The van der Waals surface area contributed by atoms with Gasteiger partial charge in [-0.05, 0) is 51.7 Å². The normalized spacial score (nSPS) is 19.3. The number of hydrogen-bond acceptors (Lipinski definition) is 4. The molecule has 0 N–H and O–H groups in total. The zero-order valence-electron chi connectivity index (χ0n) is 16.1. The van der Waals surface area contributed by atoms with Crippen LogP contribution in [0.2, 0.25) is 0 Å². The highest BCUT2D eigenvalue weighted by Gasteiger charge is 2.39. The van der Waals surface area contributed by atoms with Crippen LogP contribution >= 0.6 is 0 Å². The minimum absolute atomic E-state index is 0.250. The number of allylic oxidation sites excluding steroid dienone is 2. The standard InChI is InChI=1S/C21H29NO4S/c1-4-6-10-19(21(23)26-5-2)20-11-8-7-9-16-22(20)27(24,25)18-14-12-17(3)13-15-18/h4,7,9,12-15,19-20H,1,5-6,8,10-11,16H2,2-3H3/t19-,20+/m1/s1. The Morgan fingerprint density at radius 1 is 1.33 bits per heavy atom. The summed E-state index contributed by atoms with van der Waals surface area (Å²) >= 11 is 0. The Hall–Kier alpha value is -1.92. The molecule has 0 unspecified atom stereocenters. The number of esters is 1. The summed E-state index contributed by atoms with van der Waals surface area (Å²) in [5.41, 5.74) is 0.997. The van der Waals surface area contributed by atoms with Crippen molar-refractivity contribution in [1.29, 1.82) is 0 Å². The van der Waals surface area contributed by atoms with Gasteiger partial charge in [-0.15, -0.1) is 6.58 Å². The van der Waals surface area contributed by atoms with E-state index in [1.54, 1.807) is 37.3 Å². The molecule has 1 heterocycles. The Kier molecular flexibility index (Phi) is 7.80. The number of rotatable bonds is 8. The molecule has 5 nitrogen and oxygen atoms in total. The maximum Gasteiger partial charge on any atom is 0.310 e. The lowest BCUT2D eigenvalue weighted by atomic mass is 9.91. The smallest absolute Gasteiger partial charge is 0.310 e. The predicted molar refractivity (Wildman–Crippen MR) is 107 cm³/mol. The van der Waals surface area contributed by atoms with Gasteiger partial charge in [0.15, 0.2) is 0 Å². The fourth-order valence-electron chi connectivity index (χ4n) is 3.38. The zero-order valence-corrected chi connectivity index (χ0v) is 17.0. The highest BCUT2D eigenvalue weighted by Crippen LogP contribution is 2.30. The van der Waals surface area contributed by atoms with E-state index in [1.807, 2.05) is 19.1 Å². The highest BCUT2D eigenvalue weighted by atomic mass is 32.2. The lowest BCUT2D eigenvalue weighted by Gasteiger charge is -2.33. The van der Waals surface area contributed by atoms with Crippen LogP contribution in [0.1, 0.15) is 38.2 Å².